The zero-order chi connectivity index (χ0) is 18.5. The van der Waals surface area contributed by atoms with Crippen molar-refractivity contribution in [2.75, 3.05) is 5.32 Å². The molecule has 0 spiro atoms. The maximum atomic E-state index is 11.5. The Morgan fingerprint density at radius 1 is 1.42 bits per heavy atom. The summed E-state index contributed by atoms with van der Waals surface area (Å²) >= 11 is 1.13. The van der Waals surface area contributed by atoms with E-state index >= 15 is 0 Å². The molecule has 0 aliphatic heterocycles. The molecule has 3 aromatic rings. The van der Waals surface area contributed by atoms with Crippen LogP contribution in [0.5, 0.6) is 0 Å². The molecule has 0 aliphatic rings. The van der Waals surface area contributed by atoms with Gasteiger partial charge in [0.2, 0.25) is 5.82 Å². The standard InChI is InChI=1S/C15H13N5O5S/c1-20-12(19-25-15(20)23)11(9-5-3-2-4-6-9)18-24-7-10-8-26-13(16-10)17-14(21)22/h2-6,8H,7H2,1H3,(H,16,17)(H,21,22). The van der Waals surface area contributed by atoms with E-state index < -0.39 is 11.8 Å². The van der Waals surface area contributed by atoms with Gasteiger partial charge in [-0.25, -0.2) is 14.6 Å². The average Bonchev–Trinajstić information content (AvgIpc) is 3.20. The number of benzene rings is 1. The number of hydrogen-bond donors (Lipinski definition) is 2. The van der Waals surface area contributed by atoms with Crippen molar-refractivity contribution in [1.29, 1.82) is 0 Å². The third-order valence-corrected chi connectivity index (χ3v) is 4.00. The van der Waals surface area contributed by atoms with Crippen LogP contribution in [0, 0.1) is 0 Å². The average molecular weight is 375 g/mol. The summed E-state index contributed by atoms with van der Waals surface area (Å²) in [5.74, 6) is -0.403. The first-order valence-electron chi connectivity index (χ1n) is 7.27. The molecule has 3 rings (SSSR count). The quantitative estimate of drug-likeness (QED) is 0.496. The van der Waals surface area contributed by atoms with Crippen LogP contribution in [0.3, 0.4) is 0 Å². The van der Waals surface area contributed by atoms with Crippen molar-refractivity contribution in [3.05, 3.63) is 63.3 Å². The van der Waals surface area contributed by atoms with Crippen LogP contribution < -0.4 is 11.1 Å². The molecule has 0 atom stereocenters. The molecule has 26 heavy (non-hydrogen) atoms. The Bertz CT molecular complexity index is 991. The van der Waals surface area contributed by atoms with Gasteiger partial charge < -0.3 is 9.94 Å². The zero-order valence-corrected chi connectivity index (χ0v) is 14.3. The minimum absolute atomic E-state index is 0.0138. The van der Waals surface area contributed by atoms with Crippen molar-refractivity contribution in [3.8, 4) is 0 Å². The van der Waals surface area contributed by atoms with Crippen LogP contribution in [0.15, 0.2) is 50.2 Å². The molecule has 134 valence electrons. The van der Waals surface area contributed by atoms with E-state index in [0.717, 1.165) is 11.3 Å². The second-order valence-corrected chi connectivity index (χ2v) is 5.84. The van der Waals surface area contributed by atoms with Gasteiger partial charge in [-0.05, 0) is 0 Å². The van der Waals surface area contributed by atoms with Gasteiger partial charge in [0.25, 0.3) is 0 Å². The van der Waals surface area contributed by atoms with Gasteiger partial charge in [0.15, 0.2) is 17.5 Å². The highest BCUT2D eigenvalue weighted by atomic mass is 32.1. The second kappa shape index (κ2) is 7.61. The normalized spacial score (nSPS) is 11.3. The highest BCUT2D eigenvalue weighted by Crippen LogP contribution is 2.16. The van der Waals surface area contributed by atoms with E-state index in [9.17, 15) is 9.59 Å². The Hall–Kier alpha value is -3.47. The molecule has 0 aliphatic carbocycles. The third-order valence-electron chi connectivity index (χ3n) is 3.19. The fourth-order valence-corrected chi connectivity index (χ4v) is 2.68. The molecule has 1 aromatic carbocycles. The predicted octanol–water partition coefficient (Wildman–Crippen LogP) is 1.89. The van der Waals surface area contributed by atoms with Crippen molar-refractivity contribution in [2.45, 2.75) is 6.61 Å². The lowest BCUT2D eigenvalue weighted by molar-refractivity contribution is 0.128. The van der Waals surface area contributed by atoms with E-state index in [-0.39, 0.29) is 17.6 Å². The molecule has 0 saturated carbocycles. The van der Waals surface area contributed by atoms with Gasteiger partial charge in [-0.1, -0.05) is 40.6 Å². The summed E-state index contributed by atoms with van der Waals surface area (Å²) in [5.41, 5.74) is 1.50. The van der Waals surface area contributed by atoms with Gasteiger partial charge in [0, 0.05) is 18.0 Å². The Kier molecular flexibility index (Phi) is 5.08. The van der Waals surface area contributed by atoms with E-state index in [4.69, 9.17) is 9.94 Å². The first kappa shape index (κ1) is 17.4. The Balaban J connectivity index is 1.81. The van der Waals surface area contributed by atoms with E-state index in [1.165, 1.54) is 11.6 Å². The van der Waals surface area contributed by atoms with Crippen molar-refractivity contribution >= 4 is 28.3 Å². The molecule has 0 fully saturated rings. The molecule has 0 bridgehead atoms. The number of carbonyl (C=O) groups is 1. The largest absolute Gasteiger partial charge is 0.465 e. The molecule has 0 unspecified atom stereocenters. The summed E-state index contributed by atoms with van der Waals surface area (Å²) < 4.78 is 5.86. The number of aromatic nitrogens is 3. The lowest BCUT2D eigenvalue weighted by Gasteiger charge is -2.05. The SMILES string of the molecule is Cn1c(C(=NOCc2csc(NC(=O)O)n2)c2ccccc2)noc1=O. The number of carboxylic acid groups (broad SMARTS) is 1. The van der Waals surface area contributed by atoms with Crippen molar-refractivity contribution in [2.24, 2.45) is 12.2 Å². The van der Waals surface area contributed by atoms with Crippen LogP contribution >= 0.6 is 11.3 Å². The summed E-state index contributed by atoms with van der Waals surface area (Å²) in [6.45, 7) is 0.0138. The molecule has 10 nitrogen and oxygen atoms in total. The van der Waals surface area contributed by atoms with E-state index in [0.29, 0.717) is 17.0 Å². The van der Waals surface area contributed by atoms with Crippen LogP contribution in [0.2, 0.25) is 0 Å². The Morgan fingerprint density at radius 2 is 2.19 bits per heavy atom. The molecular weight excluding hydrogens is 362 g/mol. The first-order valence-corrected chi connectivity index (χ1v) is 8.15. The highest BCUT2D eigenvalue weighted by Gasteiger charge is 2.17. The highest BCUT2D eigenvalue weighted by molar-refractivity contribution is 7.13. The summed E-state index contributed by atoms with van der Waals surface area (Å²) in [4.78, 5) is 31.5. The Labute approximate surface area is 150 Å². The number of thiazole rings is 1. The Morgan fingerprint density at radius 3 is 2.85 bits per heavy atom. The fourth-order valence-electron chi connectivity index (χ4n) is 2.00. The molecule has 1 amide bonds. The van der Waals surface area contributed by atoms with Crippen molar-refractivity contribution in [1.82, 2.24) is 14.7 Å². The van der Waals surface area contributed by atoms with Gasteiger partial charge in [-0.3, -0.25) is 14.4 Å². The molecule has 0 saturated heterocycles. The molecule has 2 aromatic heterocycles. The van der Waals surface area contributed by atoms with Gasteiger partial charge in [0.1, 0.15) is 0 Å². The van der Waals surface area contributed by atoms with Crippen LogP contribution in [0.25, 0.3) is 0 Å². The summed E-state index contributed by atoms with van der Waals surface area (Å²) in [7, 11) is 1.51. The first-order chi connectivity index (χ1) is 12.5. The van der Waals surface area contributed by atoms with Gasteiger partial charge >= 0.3 is 11.8 Å². The summed E-state index contributed by atoms with van der Waals surface area (Å²) in [5, 5.41) is 20.5. The van der Waals surface area contributed by atoms with Crippen molar-refractivity contribution < 1.29 is 19.3 Å². The lowest BCUT2D eigenvalue weighted by atomic mass is 10.1. The number of rotatable bonds is 6. The molecule has 2 N–H and O–H groups in total. The van der Waals surface area contributed by atoms with E-state index in [2.05, 4.69) is 25.1 Å². The fraction of sp³-hybridized carbons (Fsp3) is 0.133. The molecule has 11 heteroatoms. The summed E-state index contributed by atoms with van der Waals surface area (Å²) in [6.07, 6.45) is -1.19. The van der Waals surface area contributed by atoms with Crippen molar-refractivity contribution in [3.63, 3.8) is 0 Å². The van der Waals surface area contributed by atoms with Gasteiger partial charge in [0.05, 0.1) is 5.69 Å². The third kappa shape index (κ3) is 3.95. The number of amides is 1. The maximum absolute atomic E-state index is 11.5. The molecule has 2 heterocycles. The zero-order valence-electron chi connectivity index (χ0n) is 13.4. The smallest absolute Gasteiger partial charge is 0.441 e. The monoisotopic (exact) mass is 375 g/mol. The van der Waals surface area contributed by atoms with Crippen LogP contribution in [0.1, 0.15) is 17.1 Å². The van der Waals surface area contributed by atoms with Crippen LogP contribution in [0.4, 0.5) is 9.93 Å². The van der Waals surface area contributed by atoms with Crippen LogP contribution in [-0.4, -0.2) is 31.6 Å². The van der Waals surface area contributed by atoms with E-state index in [1.54, 1.807) is 17.5 Å². The summed E-state index contributed by atoms with van der Waals surface area (Å²) in [6, 6.07) is 9.05. The van der Waals surface area contributed by atoms with E-state index in [1.807, 2.05) is 18.2 Å². The number of nitrogens with zero attached hydrogens (tertiary/aromatic N) is 4. The number of hydrogen-bond acceptors (Lipinski definition) is 8. The van der Waals surface area contributed by atoms with Gasteiger partial charge in [-0.15, -0.1) is 11.3 Å². The number of nitrogens with one attached hydrogen (secondary N) is 1. The number of anilines is 1. The second-order valence-electron chi connectivity index (χ2n) is 4.98. The van der Waals surface area contributed by atoms with Gasteiger partial charge in [-0.2, -0.15) is 0 Å². The maximum Gasteiger partial charge on any atom is 0.441 e. The topological polar surface area (TPSA) is 132 Å². The minimum Gasteiger partial charge on any atom is -0.465 e. The predicted molar refractivity (Wildman–Crippen MR) is 92.4 cm³/mol. The van der Waals surface area contributed by atoms with Crippen LogP contribution in [-0.2, 0) is 18.5 Å². The minimum atomic E-state index is -1.19. The molecule has 0 radical (unpaired) electrons. The lowest BCUT2D eigenvalue weighted by Crippen LogP contribution is -2.17. The number of oxime groups is 1. The molecular formula is C15H13N5O5S.